The van der Waals surface area contributed by atoms with Crippen LogP contribution in [0.15, 0.2) is 17.7 Å². The van der Waals surface area contributed by atoms with E-state index in [4.69, 9.17) is 5.11 Å². The van der Waals surface area contributed by atoms with Crippen LogP contribution in [0.3, 0.4) is 0 Å². The van der Waals surface area contributed by atoms with Crippen LogP contribution in [-0.4, -0.2) is 11.1 Å². The Morgan fingerprint density at radius 3 is 2.77 bits per heavy atom. The van der Waals surface area contributed by atoms with Gasteiger partial charge in [0, 0.05) is 15.3 Å². The zero-order valence-electron chi connectivity index (χ0n) is 7.70. The van der Waals surface area contributed by atoms with Crippen molar-refractivity contribution < 1.29 is 9.90 Å². The van der Waals surface area contributed by atoms with Gasteiger partial charge in [0.1, 0.15) is 0 Å². The number of hydrogen-bond donors (Lipinski definition) is 1. The van der Waals surface area contributed by atoms with Gasteiger partial charge >= 0.3 is 5.97 Å². The van der Waals surface area contributed by atoms with Crippen LogP contribution < -0.4 is 0 Å². The molecule has 0 aliphatic rings. The Kier molecular flexibility index (Phi) is 3.25. The van der Waals surface area contributed by atoms with Crippen LogP contribution in [0.4, 0.5) is 0 Å². The predicted octanol–water partition coefficient (Wildman–Crippen LogP) is 2.80. The van der Waals surface area contributed by atoms with Gasteiger partial charge in [0.25, 0.3) is 0 Å². The normalized spacial score (nSPS) is 11.7. The third-order valence-electron chi connectivity index (χ3n) is 1.73. The minimum absolute atomic E-state index is 0.379. The lowest BCUT2D eigenvalue weighted by Gasteiger charge is -1.90. The fraction of sp³-hybridized carbons (Fsp3) is 0.300. The van der Waals surface area contributed by atoms with E-state index in [2.05, 4.69) is 6.92 Å². The molecule has 0 aliphatic heterocycles. The van der Waals surface area contributed by atoms with Crippen molar-refractivity contribution in [3.8, 4) is 0 Å². The topological polar surface area (TPSA) is 37.3 Å². The molecule has 1 aromatic heterocycles. The lowest BCUT2D eigenvalue weighted by molar-refractivity contribution is -0.132. The molecule has 1 aromatic rings. The monoisotopic (exact) mass is 196 g/mol. The van der Waals surface area contributed by atoms with Gasteiger partial charge in [0.2, 0.25) is 0 Å². The number of thiophene rings is 1. The van der Waals surface area contributed by atoms with Crippen molar-refractivity contribution in [1.29, 1.82) is 0 Å². The first-order chi connectivity index (χ1) is 6.13. The molecule has 3 heteroatoms. The first-order valence-corrected chi connectivity index (χ1v) is 4.95. The second-order valence-corrected chi connectivity index (χ2v) is 3.99. The fourth-order valence-electron chi connectivity index (χ4n) is 0.937. The number of hydrogen-bond acceptors (Lipinski definition) is 2. The van der Waals surface area contributed by atoms with E-state index in [1.165, 1.54) is 4.88 Å². The van der Waals surface area contributed by atoms with E-state index in [0.29, 0.717) is 5.57 Å². The van der Waals surface area contributed by atoms with Crippen molar-refractivity contribution in [2.75, 3.05) is 0 Å². The van der Waals surface area contributed by atoms with Gasteiger partial charge < -0.3 is 5.11 Å². The molecular weight excluding hydrogens is 184 g/mol. The highest BCUT2D eigenvalue weighted by atomic mass is 32.1. The van der Waals surface area contributed by atoms with Crippen molar-refractivity contribution in [2.45, 2.75) is 20.3 Å². The number of carbonyl (C=O) groups is 1. The summed E-state index contributed by atoms with van der Waals surface area (Å²) < 4.78 is 0. The Balaban J connectivity index is 2.84. The molecule has 2 nitrogen and oxygen atoms in total. The Hall–Kier alpha value is -1.09. The Labute approximate surface area is 81.5 Å². The van der Waals surface area contributed by atoms with Gasteiger partial charge in [0.15, 0.2) is 0 Å². The fourth-order valence-corrected chi connectivity index (χ4v) is 1.89. The maximum absolute atomic E-state index is 10.5. The van der Waals surface area contributed by atoms with E-state index in [1.807, 2.05) is 12.1 Å². The number of carboxylic acid groups (broad SMARTS) is 1. The highest BCUT2D eigenvalue weighted by Crippen LogP contribution is 2.19. The average Bonchev–Trinajstić information content (AvgIpc) is 2.52. The molecule has 0 radical (unpaired) electrons. The van der Waals surface area contributed by atoms with Crippen molar-refractivity contribution in [1.82, 2.24) is 0 Å². The summed E-state index contributed by atoms with van der Waals surface area (Å²) in [6.45, 7) is 3.69. The quantitative estimate of drug-likeness (QED) is 0.755. The molecule has 70 valence electrons. The largest absolute Gasteiger partial charge is 0.478 e. The molecule has 0 unspecified atom stereocenters. The summed E-state index contributed by atoms with van der Waals surface area (Å²) in [7, 11) is 0. The minimum Gasteiger partial charge on any atom is -0.478 e. The predicted molar refractivity (Wildman–Crippen MR) is 55.0 cm³/mol. The first kappa shape index (κ1) is 9.99. The summed E-state index contributed by atoms with van der Waals surface area (Å²) in [5, 5.41) is 8.64. The Bertz CT molecular complexity index is 336. The van der Waals surface area contributed by atoms with E-state index < -0.39 is 5.97 Å². The lowest BCUT2D eigenvalue weighted by Crippen LogP contribution is -1.94. The third kappa shape index (κ3) is 2.70. The molecule has 0 fully saturated rings. The highest BCUT2D eigenvalue weighted by molar-refractivity contribution is 7.12. The van der Waals surface area contributed by atoms with Crippen molar-refractivity contribution in [3.05, 3.63) is 27.5 Å². The molecule has 0 amide bonds. The van der Waals surface area contributed by atoms with Crippen molar-refractivity contribution in [3.63, 3.8) is 0 Å². The van der Waals surface area contributed by atoms with E-state index >= 15 is 0 Å². The number of aliphatic carboxylic acids is 1. The SMILES string of the molecule is CCc1ccc(/C=C(\C)C(=O)O)s1. The zero-order valence-corrected chi connectivity index (χ0v) is 8.52. The molecular formula is C10H12O2S. The smallest absolute Gasteiger partial charge is 0.331 e. The summed E-state index contributed by atoms with van der Waals surface area (Å²) in [5.41, 5.74) is 0.379. The van der Waals surface area contributed by atoms with E-state index in [9.17, 15) is 4.79 Å². The molecule has 0 saturated heterocycles. The van der Waals surface area contributed by atoms with Crippen LogP contribution in [0.25, 0.3) is 6.08 Å². The van der Waals surface area contributed by atoms with E-state index in [-0.39, 0.29) is 0 Å². The first-order valence-electron chi connectivity index (χ1n) is 4.13. The molecule has 13 heavy (non-hydrogen) atoms. The Morgan fingerprint density at radius 2 is 2.31 bits per heavy atom. The van der Waals surface area contributed by atoms with Crippen LogP contribution in [0.5, 0.6) is 0 Å². The molecule has 1 N–H and O–H groups in total. The molecule has 1 rings (SSSR count). The lowest BCUT2D eigenvalue weighted by atomic mass is 10.2. The maximum Gasteiger partial charge on any atom is 0.331 e. The number of rotatable bonds is 3. The van der Waals surface area contributed by atoms with Gasteiger partial charge in [-0.1, -0.05) is 6.92 Å². The molecule has 0 spiro atoms. The second-order valence-electron chi connectivity index (χ2n) is 2.79. The number of aryl methyl sites for hydroxylation is 1. The average molecular weight is 196 g/mol. The molecule has 0 saturated carbocycles. The van der Waals surface area contributed by atoms with Gasteiger partial charge in [-0.05, 0) is 31.6 Å². The van der Waals surface area contributed by atoms with Gasteiger partial charge in [-0.2, -0.15) is 0 Å². The second kappa shape index (κ2) is 4.23. The Morgan fingerprint density at radius 1 is 1.62 bits per heavy atom. The summed E-state index contributed by atoms with van der Waals surface area (Å²) in [6.07, 6.45) is 2.71. The summed E-state index contributed by atoms with van der Waals surface area (Å²) in [5.74, 6) is -0.855. The highest BCUT2D eigenvalue weighted by Gasteiger charge is 2.01. The van der Waals surface area contributed by atoms with Crippen molar-refractivity contribution >= 4 is 23.4 Å². The van der Waals surface area contributed by atoms with Crippen molar-refractivity contribution in [2.24, 2.45) is 0 Å². The molecule has 0 bridgehead atoms. The maximum atomic E-state index is 10.5. The van der Waals surface area contributed by atoms with Gasteiger partial charge in [-0.15, -0.1) is 11.3 Å². The van der Waals surface area contributed by atoms with E-state index in [1.54, 1.807) is 24.3 Å². The van der Waals surface area contributed by atoms with Gasteiger partial charge in [-0.25, -0.2) is 4.79 Å². The van der Waals surface area contributed by atoms with Crippen LogP contribution >= 0.6 is 11.3 Å². The molecule has 0 aliphatic carbocycles. The van der Waals surface area contributed by atoms with Gasteiger partial charge in [-0.3, -0.25) is 0 Å². The molecule has 0 atom stereocenters. The van der Waals surface area contributed by atoms with Gasteiger partial charge in [0.05, 0.1) is 0 Å². The van der Waals surface area contributed by atoms with E-state index in [0.717, 1.165) is 11.3 Å². The molecule has 0 aromatic carbocycles. The summed E-state index contributed by atoms with van der Waals surface area (Å²) in [6, 6.07) is 3.99. The zero-order chi connectivity index (χ0) is 9.84. The third-order valence-corrected chi connectivity index (χ3v) is 2.90. The summed E-state index contributed by atoms with van der Waals surface area (Å²) >= 11 is 1.64. The minimum atomic E-state index is -0.855. The van der Waals surface area contributed by atoms with Crippen LogP contribution in [0, 0.1) is 0 Å². The van der Waals surface area contributed by atoms with Crippen LogP contribution in [0.2, 0.25) is 0 Å². The molecule has 1 heterocycles. The van der Waals surface area contributed by atoms with Crippen LogP contribution in [-0.2, 0) is 11.2 Å². The standard InChI is InChI=1S/C10H12O2S/c1-3-8-4-5-9(13-8)6-7(2)10(11)12/h4-6H,3H2,1-2H3,(H,11,12)/b7-6+. The van der Waals surface area contributed by atoms with Crippen LogP contribution in [0.1, 0.15) is 23.6 Å². The number of carboxylic acids is 1. The summed E-state index contributed by atoms with van der Waals surface area (Å²) in [4.78, 5) is 12.8.